The van der Waals surface area contributed by atoms with Crippen LogP contribution in [0.4, 0.5) is 0 Å². The Morgan fingerprint density at radius 2 is 2.00 bits per heavy atom. The van der Waals surface area contributed by atoms with Gasteiger partial charge in [0.15, 0.2) is 0 Å². The number of hydrogen-bond acceptors (Lipinski definition) is 4. The average molecular weight is 256 g/mol. The maximum absolute atomic E-state index is 11.7. The van der Waals surface area contributed by atoms with E-state index in [2.05, 4.69) is 17.2 Å². The highest BCUT2D eigenvalue weighted by molar-refractivity contribution is 5.81. The number of piperidine rings is 1. The van der Waals surface area contributed by atoms with Gasteiger partial charge in [-0.05, 0) is 33.6 Å². The van der Waals surface area contributed by atoms with Crippen molar-refractivity contribution >= 4 is 11.8 Å². The standard InChI is InChI=1S/C12H24N4O2/c1-8-4-5-9(10(13)17)6-16(8)7-12(2,3)11(18)15-14/h8-9H,4-7,14H2,1-3H3,(H2,13,17)(H,15,18). The molecular weight excluding hydrogens is 232 g/mol. The highest BCUT2D eigenvalue weighted by Crippen LogP contribution is 2.26. The van der Waals surface area contributed by atoms with Crippen LogP contribution in [0.25, 0.3) is 0 Å². The van der Waals surface area contributed by atoms with Gasteiger partial charge in [-0.2, -0.15) is 0 Å². The van der Waals surface area contributed by atoms with Crippen molar-refractivity contribution in [1.29, 1.82) is 0 Å². The zero-order chi connectivity index (χ0) is 13.9. The Kier molecular flexibility index (Phi) is 4.70. The molecule has 5 N–H and O–H groups in total. The van der Waals surface area contributed by atoms with Crippen molar-refractivity contribution in [3.05, 3.63) is 0 Å². The monoisotopic (exact) mass is 256 g/mol. The Morgan fingerprint density at radius 1 is 1.39 bits per heavy atom. The van der Waals surface area contributed by atoms with Crippen molar-refractivity contribution in [2.24, 2.45) is 22.9 Å². The number of hydrogen-bond donors (Lipinski definition) is 3. The molecule has 0 aromatic heterocycles. The van der Waals surface area contributed by atoms with Crippen molar-refractivity contribution in [3.8, 4) is 0 Å². The van der Waals surface area contributed by atoms with E-state index in [0.717, 1.165) is 12.8 Å². The van der Waals surface area contributed by atoms with Crippen LogP contribution < -0.4 is 17.0 Å². The zero-order valence-electron chi connectivity index (χ0n) is 11.4. The van der Waals surface area contributed by atoms with Crippen LogP contribution >= 0.6 is 0 Å². The first-order chi connectivity index (χ1) is 8.27. The number of likely N-dealkylation sites (tertiary alicyclic amines) is 1. The molecule has 1 saturated heterocycles. The topological polar surface area (TPSA) is 101 Å². The molecule has 0 spiro atoms. The summed E-state index contributed by atoms with van der Waals surface area (Å²) in [4.78, 5) is 25.1. The highest BCUT2D eigenvalue weighted by atomic mass is 16.2. The number of hydrazine groups is 1. The minimum Gasteiger partial charge on any atom is -0.369 e. The first kappa shape index (κ1) is 14.9. The van der Waals surface area contributed by atoms with Crippen molar-refractivity contribution in [2.75, 3.05) is 13.1 Å². The van der Waals surface area contributed by atoms with Gasteiger partial charge in [0.2, 0.25) is 11.8 Å². The van der Waals surface area contributed by atoms with Crippen LogP contribution in [0.1, 0.15) is 33.6 Å². The van der Waals surface area contributed by atoms with E-state index in [0.29, 0.717) is 19.1 Å². The Bertz CT molecular complexity index is 330. The normalized spacial score (nSPS) is 25.8. The van der Waals surface area contributed by atoms with Crippen molar-refractivity contribution in [1.82, 2.24) is 10.3 Å². The molecule has 0 radical (unpaired) electrons. The van der Waals surface area contributed by atoms with Gasteiger partial charge in [-0.15, -0.1) is 0 Å². The molecule has 0 saturated carbocycles. The molecule has 0 aromatic carbocycles. The first-order valence-corrected chi connectivity index (χ1v) is 6.32. The number of carbonyl (C=O) groups excluding carboxylic acids is 2. The third-order valence-electron chi connectivity index (χ3n) is 3.76. The molecular formula is C12H24N4O2. The minimum absolute atomic E-state index is 0.113. The van der Waals surface area contributed by atoms with Crippen molar-refractivity contribution in [3.63, 3.8) is 0 Å². The molecule has 18 heavy (non-hydrogen) atoms. The number of nitrogens with zero attached hydrogens (tertiary/aromatic N) is 1. The summed E-state index contributed by atoms with van der Waals surface area (Å²) in [6, 6.07) is 0.352. The molecule has 1 aliphatic heterocycles. The summed E-state index contributed by atoms with van der Waals surface area (Å²) in [7, 11) is 0. The summed E-state index contributed by atoms with van der Waals surface area (Å²) in [6.07, 6.45) is 1.75. The fraction of sp³-hybridized carbons (Fsp3) is 0.833. The largest absolute Gasteiger partial charge is 0.369 e. The van der Waals surface area contributed by atoms with Crippen LogP contribution in [0, 0.1) is 11.3 Å². The number of nitrogens with two attached hydrogens (primary N) is 2. The smallest absolute Gasteiger partial charge is 0.240 e. The summed E-state index contributed by atoms with van der Waals surface area (Å²) in [5, 5.41) is 0. The van der Waals surface area contributed by atoms with E-state index in [1.54, 1.807) is 0 Å². The Labute approximate surface area is 108 Å². The molecule has 6 nitrogen and oxygen atoms in total. The summed E-state index contributed by atoms with van der Waals surface area (Å²) in [6.45, 7) is 6.98. The fourth-order valence-electron chi connectivity index (χ4n) is 2.41. The number of primary amides is 1. The molecule has 1 rings (SSSR count). The maximum atomic E-state index is 11.7. The predicted octanol–water partition coefficient (Wildman–Crippen LogP) is -0.412. The summed E-state index contributed by atoms with van der Waals surface area (Å²) >= 11 is 0. The van der Waals surface area contributed by atoms with Gasteiger partial charge in [0, 0.05) is 19.1 Å². The molecule has 1 heterocycles. The second-order valence-corrected chi connectivity index (χ2v) is 5.81. The van der Waals surface area contributed by atoms with Gasteiger partial charge in [0.05, 0.1) is 11.3 Å². The Balaban J connectivity index is 2.69. The third-order valence-corrected chi connectivity index (χ3v) is 3.76. The van der Waals surface area contributed by atoms with E-state index in [1.165, 1.54) is 0 Å². The molecule has 6 heteroatoms. The molecule has 1 fully saturated rings. The number of rotatable bonds is 4. The van der Waals surface area contributed by atoms with Gasteiger partial charge < -0.3 is 5.73 Å². The van der Waals surface area contributed by atoms with Gasteiger partial charge in [-0.3, -0.25) is 19.9 Å². The number of amides is 2. The van der Waals surface area contributed by atoms with Crippen molar-refractivity contribution < 1.29 is 9.59 Å². The molecule has 2 unspecified atom stereocenters. The summed E-state index contributed by atoms with van der Waals surface area (Å²) in [5.74, 6) is 4.61. The molecule has 0 aliphatic carbocycles. The van der Waals surface area contributed by atoms with E-state index in [4.69, 9.17) is 11.6 Å². The van der Waals surface area contributed by atoms with Crippen LogP contribution in [0.3, 0.4) is 0 Å². The van der Waals surface area contributed by atoms with Gasteiger partial charge in [-0.25, -0.2) is 5.84 Å². The minimum atomic E-state index is -0.581. The molecule has 0 bridgehead atoms. The van der Waals surface area contributed by atoms with Gasteiger partial charge >= 0.3 is 0 Å². The fourth-order valence-corrected chi connectivity index (χ4v) is 2.41. The quantitative estimate of drug-likeness (QED) is 0.361. The zero-order valence-corrected chi connectivity index (χ0v) is 11.4. The van der Waals surface area contributed by atoms with Gasteiger partial charge in [-0.1, -0.05) is 0 Å². The van der Waals surface area contributed by atoms with Gasteiger partial charge in [0.1, 0.15) is 0 Å². The third kappa shape index (κ3) is 3.43. The molecule has 1 aliphatic rings. The summed E-state index contributed by atoms with van der Waals surface area (Å²) < 4.78 is 0. The van der Waals surface area contributed by atoms with Crippen LogP contribution in [-0.2, 0) is 9.59 Å². The maximum Gasteiger partial charge on any atom is 0.240 e. The van der Waals surface area contributed by atoms with Gasteiger partial charge in [0.25, 0.3) is 0 Å². The SMILES string of the molecule is CC1CCC(C(N)=O)CN1CC(C)(C)C(=O)NN. The second kappa shape index (κ2) is 5.67. The molecule has 104 valence electrons. The van der Waals surface area contributed by atoms with E-state index in [1.807, 2.05) is 13.8 Å². The van der Waals surface area contributed by atoms with Crippen LogP contribution in [-0.4, -0.2) is 35.8 Å². The molecule has 2 atom stereocenters. The van der Waals surface area contributed by atoms with Crippen LogP contribution in [0.2, 0.25) is 0 Å². The lowest BCUT2D eigenvalue weighted by Gasteiger charge is -2.40. The lowest BCUT2D eigenvalue weighted by Crippen LogP contribution is -2.53. The lowest BCUT2D eigenvalue weighted by molar-refractivity contribution is -0.131. The molecule has 0 aromatic rings. The lowest BCUT2D eigenvalue weighted by atomic mass is 9.87. The highest BCUT2D eigenvalue weighted by Gasteiger charge is 2.35. The van der Waals surface area contributed by atoms with E-state index in [9.17, 15) is 9.59 Å². The van der Waals surface area contributed by atoms with Crippen LogP contribution in [0.15, 0.2) is 0 Å². The van der Waals surface area contributed by atoms with Crippen molar-refractivity contribution in [2.45, 2.75) is 39.7 Å². The summed E-state index contributed by atoms with van der Waals surface area (Å²) in [5.41, 5.74) is 6.97. The van der Waals surface area contributed by atoms with E-state index in [-0.39, 0.29) is 17.7 Å². The molecule has 2 amide bonds. The predicted molar refractivity (Wildman–Crippen MR) is 69.1 cm³/mol. The van der Waals surface area contributed by atoms with E-state index < -0.39 is 5.41 Å². The van der Waals surface area contributed by atoms with E-state index >= 15 is 0 Å². The second-order valence-electron chi connectivity index (χ2n) is 5.81. The Morgan fingerprint density at radius 3 is 2.50 bits per heavy atom. The van der Waals surface area contributed by atoms with Crippen LogP contribution in [0.5, 0.6) is 0 Å². The number of nitrogens with one attached hydrogen (secondary N) is 1. The average Bonchev–Trinajstić information content (AvgIpc) is 2.30. The first-order valence-electron chi connectivity index (χ1n) is 6.32. The Hall–Kier alpha value is -1.14. The number of carbonyl (C=O) groups is 2.